The van der Waals surface area contributed by atoms with Crippen molar-refractivity contribution in [3.8, 4) is 5.75 Å². The number of carbonyl (C=O) groups excluding carboxylic acids is 1. The molecule has 0 fully saturated rings. The SMILES string of the molecule is O=C(COc1cccc(C(F)(F)F)c1)Nc1ncc(Cl)cc1Cl. The normalized spacial score (nSPS) is 11.2. The third-order valence-corrected chi connectivity index (χ3v) is 3.09. The maximum Gasteiger partial charge on any atom is 0.416 e. The van der Waals surface area contributed by atoms with Crippen LogP contribution in [-0.4, -0.2) is 17.5 Å². The van der Waals surface area contributed by atoms with Crippen molar-refractivity contribution >= 4 is 34.9 Å². The van der Waals surface area contributed by atoms with Crippen LogP contribution in [0.4, 0.5) is 19.0 Å². The van der Waals surface area contributed by atoms with Gasteiger partial charge in [0.25, 0.3) is 5.91 Å². The highest BCUT2D eigenvalue weighted by molar-refractivity contribution is 6.36. The summed E-state index contributed by atoms with van der Waals surface area (Å²) in [6.07, 6.45) is -3.20. The molecule has 122 valence electrons. The number of hydrogen-bond acceptors (Lipinski definition) is 3. The number of nitrogens with one attached hydrogen (secondary N) is 1. The number of pyridine rings is 1. The van der Waals surface area contributed by atoms with Gasteiger partial charge in [0, 0.05) is 6.20 Å². The van der Waals surface area contributed by atoms with Crippen LogP contribution in [0.2, 0.25) is 10.0 Å². The van der Waals surface area contributed by atoms with Gasteiger partial charge in [0.2, 0.25) is 0 Å². The van der Waals surface area contributed by atoms with Gasteiger partial charge in [-0.15, -0.1) is 0 Å². The molecule has 1 aromatic heterocycles. The average molecular weight is 365 g/mol. The van der Waals surface area contributed by atoms with Gasteiger partial charge in [-0.25, -0.2) is 4.98 Å². The smallest absolute Gasteiger partial charge is 0.416 e. The Kier molecular flexibility index (Phi) is 5.33. The Morgan fingerprint density at radius 2 is 2.00 bits per heavy atom. The molecule has 0 saturated carbocycles. The summed E-state index contributed by atoms with van der Waals surface area (Å²) in [5.41, 5.74) is -0.863. The summed E-state index contributed by atoms with van der Waals surface area (Å²) < 4.78 is 42.7. The van der Waals surface area contributed by atoms with Crippen molar-refractivity contribution in [1.29, 1.82) is 0 Å². The third kappa shape index (κ3) is 5.01. The van der Waals surface area contributed by atoms with Gasteiger partial charge in [0.1, 0.15) is 5.75 Å². The number of anilines is 1. The zero-order valence-electron chi connectivity index (χ0n) is 11.3. The molecule has 2 rings (SSSR count). The summed E-state index contributed by atoms with van der Waals surface area (Å²) in [5.74, 6) is -0.627. The van der Waals surface area contributed by atoms with Gasteiger partial charge in [0.15, 0.2) is 12.4 Å². The van der Waals surface area contributed by atoms with Crippen LogP contribution < -0.4 is 10.1 Å². The molecule has 2 aromatic rings. The number of ether oxygens (including phenoxy) is 1. The van der Waals surface area contributed by atoms with Crippen LogP contribution in [0.5, 0.6) is 5.75 Å². The number of nitrogens with zero attached hydrogens (tertiary/aromatic N) is 1. The summed E-state index contributed by atoms with van der Waals surface area (Å²) in [7, 11) is 0. The van der Waals surface area contributed by atoms with Gasteiger partial charge < -0.3 is 10.1 Å². The van der Waals surface area contributed by atoms with Crippen LogP contribution in [0.1, 0.15) is 5.56 Å². The van der Waals surface area contributed by atoms with Gasteiger partial charge in [-0.05, 0) is 24.3 Å². The van der Waals surface area contributed by atoms with Crippen molar-refractivity contribution in [2.24, 2.45) is 0 Å². The second kappa shape index (κ2) is 7.06. The van der Waals surface area contributed by atoms with Gasteiger partial charge in [-0.3, -0.25) is 4.79 Å². The number of aromatic nitrogens is 1. The maximum atomic E-state index is 12.6. The first-order valence-electron chi connectivity index (χ1n) is 6.16. The van der Waals surface area contributed by atoms with Crippen molar-refractivity contribution in [2.45, 2.75) is 6.18 Å². The van der Waals surface area contributed by atoms with Crippen LogP contribution >= 0.6 is 23.2 Å². The standard InChI is InChI=1S/C14H9Cl2F3N2O2/c15-9-5-11(16)13(20-6-9)21-12(22)7-23-10-3-1-2-8(4-10)14(17,18)19/h1-6H,7H2,(H,20,21,22). The highest BCUT2D eigenvalue weighted by atomic mass is 35.5. The molecule has 0 aliphatic heterocycles. The van der Waals surface area contributed by atoms with Gasteiger partial charge in [-0.1, -0.05) is 29.3 Å². The van der Waals surface area contributed by atoms with E-state index in [9.17, 15) is 18.0 Å². The molecule has 0 unspecified atom stereocenters. The van der Waals surface area contributed by atoms with Crippen molar-refractivity contribution < 1.29 is 22.7 Å². The van der Waals surface area contributed by atoms with Crippen LogP contribution in [0.3, 0.4) is 0 Å². The lowest BCUT2D eigenvalue weighted by atomic mass is 10.2. The zero-order chi connectivity index (χ0) is 17.0. The Balaban J connectivity index is 1.97. The summed E-state index contributed by atoms with van der Waals surface area (Å²) in [4.78, 5) is 15.5. The van der Waals surface area contributed by atoms with E-state index < -0.39 is 24.3 Å². The monoisotopic (exact) mass is 364 g/mol. The van der Waals surface area contributed by atoms with E-state index >= 15 is 0 Å². The van der Waals surface area contributed by atoms with E-state index in [4.69, 9.17) is 27.9 Å². The van der Waals surface area contributed by atoms with Crippen LogP contribution in [0.15, 0.2) is 36.5 Å². The highest BCUT2D eigenvalue weighted by Crippen LogP contribution is 2.31. The molecule has 9 heteroatoms. The molecule has 4 nitrogen and oxygen atoms in total. The third-order valence-electron chi connectivity index (χ3n) is 2.60. The fourth-order valence-electron chi connectivity index (χ4n) is 1.59. The number of hydrogen-bond donors (Lipinski definition) is 1. The van der Waals surface area contributed by atoms with Gasteiger partial charge >= 0.3 is 6.18 Å². The van der Waals surface area contributed by atoms with Crippen molar-refractivity contribution in [2.75, 3.05) is 11.9 Å². The zero-order valence-corrected chi connectivity index (χ0v) is 12.8. The molecule has 0 saturated heterocycles. The molecule has 1 heterocycles. The molecular weight excluding hydrogens is 356 g/mol. The molecule has 0 bridgehead atoms. The van der Waals surface area contributed by atoms with Crippen molar-refractivity contribution in [1.82, 2.24) is 4.98 Å². The van der Waals surface area contributed by atoms with Crippen LogP contribution in [0.25, 0.3) is 0 Å². The second-order valence-electron chi connectivity index (χ2n) is 4.35. The second-order valence-corrected chi connectivity index (χ2v) is 5.19. The molecule has 0 atom stereocenters. The Morgan fingerprint density at radius 1 is 1.26 bits per heavy atom. The minimum atomic E-state index is -4.48. The molecule has 1 amide bonds. The minimum Gasteiger partial charge on any atom is -0.484 e. The molecular formula is C14H9Cl2F3N2O2. The van der Waals surface area contributed by atoms with Gasteiger partial charge in [0.05, 0.1) is 15.6 Å². The van der Waals surface area contributed by atoms with E-state index in [1.807, 2.05) is 0 Å². The summed E-state index contributed by atoms with van der Waals surface area (Å²) in [6, 6.07) is 5.61. The van der Waals surface area contributed by atoms with Crippen LogP contribution in [0, 0.1) is 0 Å². The average Bonchev–Trinajstić information content (AvgIpc) is 2.47. The molecule has 0 radical (unpaired) electrons. The minimum absolute atomic E-state index is 0.0775. The first-order valence-corrected chi connectivity index (χ1v) is 6.92. The Morgan fingerprint density at radius 3 is 2.65 bits per heavy atom. The number of carbonyl (C=O) groups is 1. The quantitative estimate of drug-likeness (QED) is 0.873. The van der Waals surface area contributed by atoms with Gasteiger partial charge in [-0.2, -0.15) is 13.2 Å². The fraction of sp³-hybridized carbons (Fsp3) is 0.143. The number of amides is 1. The van der Waals surface area contributed by atoms with E-state index in [2.05, 4.69) is 10.3 Å². The predicted octanol–water partition coefficient (Wildman–Crippen LogP) is 4.42. The van der Waals surface area contributed by atoms with E-state index in [1.165, 1.54) is 24.4 Å². The summed E-state index contributed by atoms with van der Waals surface area (Å²) in [6.45, 7) is -0.498. The van der Waals surface area contributed by atoms with E-state index in [0.29, 0.717) is 5.02 Å². The van der Waals surface area contributed by atoms with E-state index in [-0.39, 0.29) is 16.6 Å². The Hall–Kier alpha value is -1.99. The topological polar surface area (TPSA) is 51.2 Å². The number of rotatable bonds is 4. The largest absolute Gasteiger partial charge is 0.484 e. The van der Waals surface area contributed by atoms with E-state index in [1.54, 1.807) is 0 Å². The maximum absolute atomic E-state index is 12.6. The first-order chi connectivity index (χ1) is 10.8. The number of alkyl halides is 3. The lowest BCUT2D eigenvalue weighted by Crippen LogP contribution is -2.21. The fourth-order valence-corrected chi connectivity index (χ4v) is 2.01. The predicted molar refractivity (Wildman–Crippen MR) is 79.8 cm³/mol. The van der Waals surface area contributed by atoms with Crippen molar-refractivity contribution in [3.05, 3.63) is 52.1 Å². The molecule has 0 spiro atoms. The molecule has 0 aliphatic rings. The molecule has 0 aliphatic carbocycles. The molecule has 23 heavy (non-hydrogen) atoms. The molecule has 1 aromatic carbocycles. The number of benzene rings is 1. The van der Waals surface area contributed by atoms with Crippen molar-refractivity contribution in [3.63, 3.8) is 0 Å². The number of halogens is 5. The highest BCUT2D eigenvalue weighted by Gasteiger charge is 2.30. The van der Waals surface area contributed by atoms with E-state index in [0.717, 1.165) is 12.1 Å². The first kappa shape index (κ1) is 17.4. The Labute approximate surface area is 139 Å². The Bertz CT molecular complexity index is 723. The summed E-state index contributed by atoms with van der Waals surface area (Å²) in [5, 5.41) is 2.79. The summed E-state index contributed by atoms with van der Waals surface area (Å²) >= 11 is 11.5. The molecule has 1 N–H and O–H groups in total. The lowest BCUT2D eigenvalue weighted by molar-refractivity contribution is -0.137. The van der Waals surface area contributed by atoms with Crippen LogP contribution in [-0.2, 0) is 11.0 Å². The lowest BCUT2D eigenvalue weighted by Gasteiger charge is -2.10.